The molecule has 0 fully saturated rings. The molecular formula is C16H20ClN3O. The van der Waals surface area contributed by atoms with Crippen molar-refractivity contribution in [2.75, 3.05) is 14.2 Å². The molecule has 0 amide bonds. The molecule has 0 saturated heterocycles. The zero-order chi connectivity index (χ0) is 15.4. The van der Waals surface area contributed by atoms with E-state index in [2.05, 4.69) is 21.9 Å². The first-order valence-corrected chi connectivity index (χ1v) is 7.17. The molecule has 4 nitrogen and oxygen atoms in total. The second-order valence-corrected chi connectivity index (χ2v) is 5.59. The maximum atomic E-state index is 5.80. The van der Waals surface area contributed by atoms with E-state index in [1.165, 1.54) is 0 Å². The van der Waals surface area contributed by atoms with Crippen LogP contribution in [0.15, 0.2) is 24.5 Å². The maximum absolute atomic E-state index is 5.80. The van der Waals surface area contributed by atoms with Crippen molar-refractivity contribution < 1.29 is 4.74 Å². The van der Waals surface area contributed by atoms with Crippen LogP contribution in [0.25, 0.3) is 0 Å². The molecule has 0 atom stereocenters. The van der Waals surface area contributed by atoms with Crippen LogP contribution in [0.5, 0.6) is 5.75 Å². The third-order valence-corrected chi connectivity index (χ3v) is 3.63. The Kier molecular flexibility index (Phi) is 5.15. The van der Waals surface area contributed by atoms with Gasteiger partial charge in [-0.15, -0.1) is 0 Å². The van der Waals surface area contributed by atoms with Gasteiger partial charge in [-0.25, -0.2) is 4.98 Å². The van der Waals surface area contributed by atoms with E-state index in [0.29, 0.717) is 5.15 Å². The lowest BCUT2D eigenvalue weighted by atomic mass is 10.1. The van der Waals surface area contributed by atoms with Gasteiger partial charge in [-0.1, -0.05) is 17.7 Å². The second kappa shape index (κ2) is 6.87. The van der Waals surface area contributed by atoms with E-state index in [-0.39, 0.29) is 0 Å². The van der Waals surface area contributed by atoms with Gasteiger partial charge in [0.25, 0.3) is 0 Å². The number of pyridine rings is 2. The molecule has 2 heterocycles. The van der Waals surface area contributed by atoms with E-state index in [0.717, 1.165) is 41.2 Å². The Morgan fingerprint density at radius 1 is 1.14 bits per heavy atom. The number of hydrogen-bond donors (Lipinski definition) is 0. The first-order chi connectivity index (χ1) is 10.0. The predicted molar refractivity (Wildman–Crippen MR) is 84.7 cm³/mol. The van der Waals surface area contributed by atoms with Crippen molar-refractivity contribution in [1.82, 2.24) is 14.9 Å². The van der Waals surface area contributed by atoms with Crippen LogP contribution in [0.2, 0.25) is 5.15 Å². The molecule has 0 radical (unpaired) electrons. The molecule has 0 bridgehead atoms. The van der Waals surface area contributed by atoms with Crippen molar-refractivity contribution >= 4 is 11.6 Å². The highest BCUT2D eigenvalue weighted by Crippen LogP contribution is 2.24. The lowest BCUT2D eigenvalue weighted by Crippen LogP contribution is -2.19. The van der Waals surface area contributed by atoms with Gasteiger partial charge in [0.15, 0.2) is 0 Å². The van der Waals surface area contributed by atoms with Crippen LogP contribution in [0.3, 0.4) is 0 Å². The van der Waals surface area contributed by atoms with Gasteiger partial charge in [0.2, 0.25) is 0 Å². The van der Waals surface area contributed by atoms with Crippen molar-refractivity contribution in [2.45, 2.75) is 26.9 Å². The molecule has 2 rings (SSSR count). The van der Waals surface area contributed by atoms with Crippen LogP contribution in [-0.4, -0.2) is 29.0 Å². The predicted octanol–water partition coefficient (Wildman–Crippen LogP) is 3.39. The quantitative estimate of drug-likeness (QED) is 0.794. The summed E-state index contributed by atoms with van der Waals surface area (Å²) in [6.07, 6.45) is 3.66. The molecule has 0 N–H and O–H groups in total. The summed E-state index contributed by atoms with van der Waals surface area (Å²) < 4.78 is 5.45. The molecule has 0 aliphatic rings. The number of halogens is 1. The Morgan fingerprint density at radius 3 is 2.52 bits per heavy atom. The van der Waals surface area contributed by atoms with Crippen LogP contribution in [0.4, 0.5) is 0 Å². The molecular weight excluding hydrogens is 286 g/mol. The van der Waals surface area contributed by atoms with Gasteiger partial charge >= 0.3 is 0 Å². The Labute approximate surface area is 130 Å². The molecule has 21 heavy (non-hydrogen) atoms. The van der Waals surface area contributed by atoms with Crippen LogP contribution in [-0.2, 0) is 13.1 Å². The van der Waals surface area contributed by atoms with Gasteiger partial charge in [-0.05, 0) is 32.5 Å². The van der Waals surface area contributed by atoms with Gasteiger partial charge < -0.3 is 4.74 Å². The van der Waals surface area contributed by atoms with Crippen LogP contribution in [0.1, 0.15) is 22.4 Å². The topological polar surface area (TPSA) is 38.2 Å². The standard InChI is InChI=1S/C16H20ClN3O/c1-11-7-18-14(12(2)16(11)21-4)10-20(3)9-13-5-6-15(17)19-8-13/h5-8H,9-10H2,1-4H3. The van der Waals surface area contributed by atoms with Crippen molar-refractivity contribution in [3.8, 4) is 5.75 Å². The van der Waals surface area contributed by atoms with E-state index in [9.17, 15) is 0 Å². The Balaban J connectivity index is 2.09. The van der Waals surface area contributed by atoms with Gasteiger partial charge in [-0.3, -0.25) is 9.88 Å². The monoisotopic (exact) mass is 305 g/mol. The third kappa shape index (κ3) is 3.93. The van der Waals surface area contributed by atoms with E-state index < -0.39 is 0 Å². The van der Waals surface area contributed by atoms with Crippen molar-refractivity contribution in [3.05, 3.63) is 52.1 Å². The van der Waals surface area contributed by atoms with E-state index in [1.54, 1.807) is 13.3 Å². The summed E-state index contributed by atoms with van der Waals surface area (Å²) in [5, 5.41) is 0.516. The fourth-order valence-electron chi connectivity index (χ4n) is 2.35. The summed E-state index contributed by atoms with van der Waals surface area (Å²) in [6.45, 7) is 5.60. The number of methoxy groups -OCH3 is 1. The minimum absolute atomic E-state index is 0.516. The first kappa shape index (κ1) is 15.7. The maximum Gasteiger partial charge on any atom is 0.129 e. The molecule has 0 saturated carbocycles. The van der Waals surface area contributed by atoms with Gasteiger partial charge in [0, 0.05) is 36.6 Å². The molecule has 0 unspecified atom stereocenters. The minimum atomic E-state index is 0.516. The summed E-state index contributed by atoms with van der Waals surface area (Å²) in [5.41, 5.74) is 4.31. The third-order valence-electron chi connectivity index (χ3n) is 3.41. The Morgan fingerprint density at radius 2 is 1.90 bits per heavy atom. The average molecular weight is 306 g/mol. The second-order valence-electron chi connectivity index (χ2n) is 5.21. The molecule has 112 valence electrons. The molecule has 0 aliphatic heterocycles. The highest BCUT2D eigenvalue weighted by molar-refractivity contribution is 6.29. The molecule has 0 aliphatic carbocycles. The normalized spacial score (nSPS) is 11.0. The van der Waals surface area contributed by atoms with Crippen LogP contribution >= 0.6 is 11.6 Å². The minimum Gasteiger partial charge on any atom is -0.496 e. The van der Waals surface area contributed by atoms with E-state index >= 15 is 0 Å². The number of aryl methyl sites for hydroxylation is 1. The van der Waals surface area contributed by atoms with Crippen molar-refractivity contribution in [1.29, 1.82) is 0 Å². The molecule has 0 spiro atoms. The summed E-state index contributed by atoms with van der Waals surface area (Å²) in [4.78, 5) is 10.8. The zero-order valence-corrected chi connectivity index (χ0v) is 13.6. The number of ether oxygens (including phenoxy) is 1. The number of nitrogens with zero attached hydrogens (tertiary/aromatic N) is 3. The SMILES string of the molecule is COc1c(C)cnc(CN(C)Cc2ccc(Cl)nc2)c1C. The largest absolute Gasteiger partial charge is 0.496 e. The molecule has 2 aromatic rings. The molecule has 5 heteroatoms. The fourth-order valence-corrected chi connectivity index (χ4v) is 2.47. The smallest absolute Gasteiger partial charge is 0.129 e. The van der Waals surface area contributed by atoms with Gasteiger partial charge in [-0.2, -0.15) is 0 Å². The highest BCUT2D eigenvalue weighted by atomic mass is 35.5. The summed E-state index contributed by atoms with van der Waals surface area (Å²) >= 11 is 5.80. The Bertz CT molecular complexity index is 614. The number of aromatic nitrogens is 2. The number of rotatable bonds is 5. The lowest BCUT2D eigenvalue weighted by molar-refractivity contribution is 0.312. The van der Waals surface area contributed by atoms with Crippen molar-refractivity contribution in [3.63, 3.8) is 0 Å². The average Bonchev–Trinajstić information content (AvgIpc) is 2.45. The van der Waals surface area contributed by atoms with Crippen molar-refractivity contribution in [2.24, 2.45) is 0 Å². The summed E-state index contributed by atoms with van der Waals surface area (Å²) in [5.74, 6) is 0.918. The Hall–Kier alpha value is -1.65. The van der Waals surface area contributed by atoms with Gasteiger partial charge in [0.1, 0.15) is 10.9 Å². The van der Waals surface area contributed by atoms with Crippen LogP contribution < -0.4 is 4.74 Å². The summed E-state index contributed by atoms with van der Waals surface area (Å²) in [7, 11) is 3.75. The molecule has 0 aromatic carbocycles. The highest BCUT2D eigenvalue weighted by Gasteiger charge is 2.11. The fraction of sp³-hybridized carbons (Fsp3) is 0.375. The van der Waals surface area contributed by atoms with E-state index in [4.69, 9.17) is 16.3 Å². The zero-order valence-electron chi connectivity index (χ0n) is 12.9. The van der Waals surface area contributed by atoms with Gasteiger partial charge in [0.05, 0.1) is 12.8 Å². The van der Waals surface area contributed by atoms with E-state index in [1.807, 2.05) is 32.2 Å². The number of hydrogen-bond acceptors (Lipinski definition) is 4. The summed E-state index contributed by atoms with van der Waals surface area (Å²) in [6, 6.07) is 3.80. The van der Waals surface area contributed by atoms with Crippen LogP contribution in [0, 0.1) is 13.8 Å². The first-order valence-electron chi connectivity index (χ1n) is 6.79. The lowest BCUT2D eigenvalue weighted by Gasteiger charge is -2.19. The molecule has 2 aromatic heterocycles.